The molecular formula is C16H21ClN6. The van der Waals surface area contributed by atoms with Crippen molar-refractivity contribution in [1.29, 1.82) is 0 Å². The molecule has 1 fully saturated rings. The van der Waals surface area contributed by atoms with E-state index in [0.29, 0.717) is 16.9 Å². The molecule has 3 rings (SSSR count). The molecule has 1 atom stereocenters. The summed E-state index contributed by atoms with van der Waals surface area (Å²) in [5, 5.41) is 0.650. The predicted molar refractivity (Wildman–Crippen MR) is 95.6 cm³/mol. The number of halogens is 1. The van der Waals surface area contributed by atoms with Crippen molar-refractivity contribution in [3.05, 3.63) is 29.3 Å². The second kappa shape index (κ2) is 6.22. The molecular weight excluding hydrogens is 312 g/mol. The van der Waals surface area contributed by atoms with E-state index in [1.807, 2.05) is 24.3 Å². The number of likely N-dealkylation sites (N-methyl/N-ethyl adjacent to an activating group) is 1. The van der Waals surface area contributed by atoms with Crippen molar-refractivity contribution < 1.29 is 0 Å². The maximum Gasteiger partial charge on any atom is 0.223 e. The van der Waals surface area contributed by atoms with E-state index in [1.165, 1.54) is 0 Å². The van der Waals surface area contributed by atoms with Gasteiger partial charge in [0.05, 0.1) is 5.56 Å². The Labute approximate surface area is 141 Å². The van der Waals surface area contributed by atoms with Crippen LogP contribution < -0.4 is 16.4 Å². The average Bonchev–Trinajstić information content (AvgIpc) is 2.96. The number of nitrogen functional groups attached to an aromatic ring is 2. The summed E-state index contributed by atoms with van der Waals surface area (Å²) in [7, 11) is 4.18. The van der Waals surface area contributed by atoms with Crippen molar-refractivity contribution in [2.45, 2.75) is 12.5 Å². The van der Waals surface area contributed by atoms with Crippen LogP contribution in [0.15, 0.2) is 24.3 Å². The second-order valence-electron chi connectivity index (χ2n) is 6.03. The monoisotopic (exact) mass is 332 g/mol. The van der Waals surface area contributed by atoms with Crippen molar-refractivity contribution in [3.63, 3.8) is 0 Å². The molecule has 6 nitrogen and oxygen atoms in total. The third-order valence-corrected chi connectivity index (χ3v) is 4.48. The van der Waals surface area contributed by atoms with E-state index < -0.39 is 0 Å². The first-order valence-corrected chi connectivity index (χ1v) is 7.94. The molecule has 23 heavy (non-hydrogen) atoms. The summed E-state index contributed by atoms with van der Waals surface area (Å²) in [6.07, 6.45) is 1.08. The normalized spacial score (nSPS) is 17.9. The van der Waals surface area contributed by atoms with Gasteiger partial charge in [-0.05, 0) is 38.2 Å². The van der Waals surface area contributed by atoms with E-state index in [9.17, 15) is 0 Å². The van der Waals surface area contributed by atoms with Gasteiger partial charge in [-0.25, -0.2) is 0 Å². The number of rotatable bonds is 3. The number of nitrogens with zero attached hydrogens (tertiary/aromatic N) is 4. The Morgan fingerprint density at radius 1 is 1.26 bits per heavy atom. The van der Waals surface area contributed by atoms with E-state index in [0.717, 1.165) is 36.5 Å². The summed E-state index contributed by atoms with van der Waals surface area (Å²) in [5.41, 5.74) is 13.7. The Bertz CT molecular complexity index is 718. The van der Waals surface area contributed by atoms with Crippen LogP contribution in [0, 0.1) is 0 Å². The fourth-order valence-corrected chi connectivity index (χ4v) is 3.18. The summed E-state index contributed by atoms with van der Waals surface area (Å²) < 4.78 is 0. The highest BCUT2D eigenvalue weighted by atomic mass is 35.5. The summed E-state index contributed by atoms with van der Waals surface area (Å²) >= 11 is 6.13. The highest BCUT2D eigenvalue weighted by Gasteiger charge is 2.28. The Morgan fingerprint density at radius 3 is 2.70 bits per heavy atom. The van der Waals surface area contributed by atoms with E-state index in [2.05, 4.69) is 33.9 Å². The van der Waals surface area contributed by atoms with Gasteiger partial charge in [-0.3, -0.25) is 0 Å². The Kier molecular flexibility index (Phi) is 4.28. The zero-order valence-electron chi connectivity index (χ0n) is 13.3. The van der Waals surface area contributed by atoms with Crippen LogP contribution in [0.1, 0.15) is 6.42 Å². The van der Waals surface area contributed by atoms with Crippen LogP contribution in [0.25, 0.3) is 11.1 Å². The SMILES string of the molecule is CN(C)[C@@H]1CCN(c2nc(N)nc(N)c2-c2cccc(Cl)c2)C1. The summed E-state index contributed by atoms with van der Waals surface area (Å²) in [6, 6.07) is 8.04. The largest absolute Gasteiger partial charge is 0.383 e. The first-order chi connectivity index (χ1) is 11.0. The van der Waals surface area contributed by atoms with E-state index in [1.54, 1.807) is 0 Å². The van der Waals surface area contributed by atoms with Crippen molar-refractivity contribution in [1.82, 2.24) is 14.9 Å². The number of hydrogen-bond donors (Lipinski definition) is 2. The summed E-state index contributed by atoms with van der Waals surface area (Å²) in [6.45, 7) is 1.79. The second-order valence-corrected chi connectivity index (χ2v) is 6.46. The maximum atomic E-state index is 6.16. The lowest BCUT2D eigenvalue weighted by atomic mass is 10.1. The fraction of sp³-hybridized carbons (Fsp3) is 0.375. The number of anilines is 3. The van der Waals surface area contributed by atoms with Crippen molar-refractivity contribution in [3.8, 4) is 11.1 Å². The van der Waals surface area contributed by atoms with Crippen LogP contribution in [0.4, 0.5) is 17.6 Å². The Morgan fingerprint density at radius 2 is 2.04 bits per heavy atom. The highest BCUT2D eigenvalue weighted by molar-refractivity contribution is 6.30. The number of benzene rings is 1. The Hall–Kier alpha value is -2.05. The average molecular weight is 333 g/mol. The van der Waals surface area contributed by atoms with Gasteiger partial charge in [0, 0.05) is 24.2 Å². The molecule has 0 aliphatic carbocycles. The van der Waals surface area contributed by atoms with Gasteiger partial charge in [-0.2, -0.15) is 9.97 Å². The number of hydrogen-bond acceptors (Lipinski definition) is 6. The van der Waals surface area contributed by atoms with E-state index >= 15 is 0 Å². The molecule has 0 unspecified atom stereocenters. The van der Waals surface area contributed by atoms with Crippen LogP contribution in [0.2, 0.25) is 5.02 Å². The minimum absolute atomic E-state index is 0.191. The highest BCUT2D eigenvalue weighted by Crippen LogP contribution is 2.36. The molecule has 1 aromatic heterocycles. The predicted octanol–water partition coefficient (Wildman–Crippen LogP) is 2.10. The minimum Gasteiger partial charge on any atom is -0.383 e. The first-order valence-electron chi connectivity index (χ1n) is 7.56. The zero-order valence-corrected chi connectivity index (χ0v) is 14.1. The fourth-order valence-electron chi connectivity index (χ4n) is 2.99. The van der Waals surface area contributed by atoms with Gasteiger partial charge in [-0.15, -0.1) is 0 Å². The van der Waals surface area contributed by atoms with Gasteiger partial charge in [0.15, 0.2) is 0 Å². The lowest BCUT2D eigenvalue weighted by Crippen LogP contribution is -2.32. The van der Waals surface area contributed by atoms with Crippen molar-refractivity contribution in [2.24, 2.45) is 0 Å². The van der Waals surface area contributed by atoms with Crippen LogP contribution >= 0.6 is 11.6 Å². The number of nitrogens with two attached hydrogens (primary N) is 2. The molecule has 1 aromatic carbocycles. The molecule has 0 saturated carbocycles. The maximum absolute atomic E-state index is 6.16. The van der Waals surface area contributed by atoms with Crippen LogP contribution in [-0.4, -0.2) is 48.1 Å². The minimum atomic E-state index is 0.191. The lowest BCUT2D eigenvalue weighted by Gasteiger charge is -2.23. The Balaban J connectivity index is 2.06. The molecule has 2 heterocycles. The molecule has 1 aliphatic heterocycles. The van der Waals surface area contributed by atoms with Crippen molar-refractivity contribution in [2.75, 3.05) is 43.6 Å². The molecule has 7 heteroatoms. The van der Waals surface area contributed by atoms with E-state index in [4.69, 9.17) is 23.1 Å². The van der Waals surface area contributed by atoms with Gasteiger partial charge >= 0.3 is 0 Å². The first kappa shape index (κ1) is 15.8. The third-order valence-electron chi connectivity index (χ3n) is 4.24. The molecule has 0 radical (unpaired) electrons. The molecule has 0 spiro atoms. The molecule has 0 amide bonds. The van der Waals surface area contributed by atoms with Crippen molar-refractivity contribution >= 4 is 29.2 Å². The smallest absolute Gasteiger partial charge is 0.223 e. The zero-order chi connectivity index (χ0) is 16.6. The summed E-state index contributed by atoms with van der Waals surface area (Å²) in [5.74, 6) is 1.35. The molecule has 1 saturated heterocycles. The lowest BCUT2D eigenvalue weighted by molar-refractivity contribution is 0.315. The van der Waals surface area contributed by atoms with Gasteiger partial charge in [-0.1, -0.05) is 23.7 Å². The van der Waals surface area contributed by atoms with Gasteiger partial charge in [0.2, 0.25) is 5.95 Å². The quantitative estimate of drug-likeness (QED) is 0.895. The third kappa shape index (κ3) is 3.18. The van der Waals surface area contributed by atoms with Crippen LogP contribution in [-0.2, 0) is 0 Å². The topological polar surface area (TPSA) is 84.3 Å². The van der Waals surface area contributed by atoms with Gasteiger partial charge in [0.25, 0.3) is 0 Å². The van der Waals surface area contributed by atoms with Gasteiger partial charge < -0.3 is 21.3 Å². The van der Waals surface area contributed by atoms with Crippen LogP contribution in [0.3, 0.4) is 0 Å². The van der Waals surface area contributed by atoms with Crippen LogP contribution in [0.5, 0.6) is 0 Å². The molecule has 1 aliphatic rings. The molecule has 0 bridgehead atoms. The van der Waals surface area contributed by atoms with Gasteiger partial charge in [0.1, 0.15) is 11.6 Å². The van der Waals surface area contributed by atoms with E-state index in [-0.39, 0.29) is 5.95 Å². The number of aromatic nitrogens is 2. The molecule has 2 aromatic rings. The molecule has 4 N–H and O–H groups in total. The standard InChI is InChI=1S/C16H21ClN6/c1-22(2)12-6-7-23(9-12)15-13(14(18)20-16(19)21-15)10-4-3-5-11(17)8-10/h3-5,8,12H,6-7,9H2,1-2H3,(H4,18,19,20,21)/t12-/m1/s1. The molecule has 122 valence electrons. The summed E-state index contributed by atoms with van der Waals surface area (Å²) in [4.78, 5) is 13.0.